The average Bonchev–Trinajstić information content (AvgIpc) is 2.88. The van der Waals surface area contributed by atoms with E-state index < -0.39 is 0 Å². The molecular weight excluding hydrogens is 286 g/mol. The van der Waals surface area contributed by atoms with Crippen LogP contribution in [0.4, 0.5) is 5.13 Å². The van der Waals surface area contributed by atoms with E-state index in [1.165, 1.54) is 22.7 Å². The van der Waals surface area contributed by atoms with Crippen LogP contribution in [0.2, 0.25) is 0 Å². The molecule has 1 aliphatic carbocycles. The Morgan fingerprint density at radius 1 is 1.24 bits per heavy atom. The maximum Gasteiger partial charge on any atom is 0.236 e. The summed E-state index contributed by atoms with van der Waals surface area (Å²) in [7, 11) is 0. The van der Waals surface area contributed by atoms with Gasteiger partial charge in [0.05, 0.1) is 5.69 Å². The highest BCUT2D eigenvalue weighted by atomic mass is 32.1. The van der Waals surface area contributed by atoms with Crippen molar-refractivity contribution in [2.75, 3.05) is 4.90 Å². The summed E-state index contributed by atoms with van der Waals surface area (Å²) >= 11 is 1.32. The fraction of sp³-hybridized carbons (Fsp3) is 0.667. The Bertz CT molecular complexity index is 541. The lowest BCUT2D eigenvalue weighted by molar-refractivity contribution is -0.134. The predicted molar refractivity (Wildman–Crippen MR) is 82.0 cm³/mol. The monoisotopic (exact) mass is 307 g/mol. The number of nitrogens with two attached hydrogens (primary N) is 1. The zero-order valence-electron chi connectivity index (χ0n) is 12.3. The van der Waals surface area contributed by atoms with Crippen molar-refractivity contribution < 1.29 is 9.59 Å². The summed E-state index contributed by atoms with van der Waals surface area (Å²) in [6, 6.07) is -0.185. The van der Waals surface area contributed by atoms with E-state index in [9.17, 15) is 9.59 Å². The molecule has 6 heteroatoms. The van der Waals surface area contributed by atoms with E-state index in [1.807, 2.05) is 12.3 Å². The maximum absolute atomic E-state index is 12.5. The number of thiazole rings is 1. The molecule has 1 aromatic rings. The van der Waals surface area contributed by atoms with Gasteiger partial charge in [-0.15, -0.1) is 11.3 Å². The smallest absolute Gasteiger partial charge is 0.236 e. The van der Waals surface area contributed by atoms with Crippen LogP contribution in [0.1, 0.15) is 63.6 Å². The van der Waals surface area contributed by atoms with Gasteiger partial charge in [0, 0.05) is 24.3 Å². The molecule has 2 heterocycles. The van der Waals surface area contributed by atoms with Gasteiger partial charge in [-0.2, -0.15) is 0 Å². The van der Waals surface area contributed by atoms with E-state index in [0.29, 0.717) is 18.0 Å². The summed E-state index contributed by atoms with van der Waals surface area (Å²) in [6.45, 7) is 1.84. The Labute approximate surface area is 128 Å². The van der Waals surface area contributed by atoms with E-state index >= 15 is 0 Å². The first kappa shape index (κ1) is 14.7. The minimum Gasteiger partial charge on any atom is -0.323 e. The van der Waals surface area contributed by atoms with Crippen LogP contribution in [0, 0.1) is 5.41 Å². The highest BCUT2D eigenvalue weighted by Crippen LogP contribution is 2.46. The predicted octanol–water partition coefficient (Wildman–Crippen LogP) is 2.77. The normalized spacial score (nSPS) is 23.6. The Hall–Kier alpha value is -1.27. The van der Waals surface area contributed by atoms with Crippen LogP contribution < -0.4 is 10.6 Å². The van der Waals surface area contributed by atoms with Gasteiger partial charge in [-0.1, -0.05) is 19.3 Å². The summed E-state index contributed by atoms with van der Waals surface area (Å²) in [6.07, 6.45) is 6.44. The van der Waals surface area contributed by atoms with Crippen LogP contribution in [-0.2, 0) is 9.59 Å². The third-order valence-corrected chi connectivity index (χ3v) is 5.48. The van der Waals surface area contributed by atoms with Crippen LogP contribution in [0.5, 0.6) is 0 Å². The van der Waals surface area contributed by atoms with Crippen LogP contribution in [0.15, 0.2) is 5.38 Å². The molecule has 2 fully saturated rings. The Morgan fingerprint density at radius 3 is 2.38 bits per heavy atom. The van der Waals surface area contributed by atoms with Crippen molar-refractivity contribution in [3.8, 4) is 0 Å². The van der Waals surface area contributed by atoms with Crippen molar-refractivity contribution >= 4 is 28.3 Å². The third kappa shape index (κ3) is 2.74. The molecule has 1 aromatic heterocycles. The lowest BCUT2D eigenvalue weighted by Crippen LogP contribution is -2.48. The highest BCUT2D eigenvalue weighted by Gasteiger charge is 2.45. The van der Waals surface area contributed by atoms with Crippen LogP contribution >= 0.6 is 11.3 Å². The minimum atomic E-state index is -0.185. The van der Waals surface area contributed by atoms with Crippen LogP contribution in [0.25, 0.3) is 0 Å². The number of carbonyl (C=O) groups excluding carboxylic acids is 2. The molecule has 114 valence electrons. The number of amides is 2. The molecule has 1 spiro atoms. The molecule has 2 amide bonds. The molecule has 3 rings (SSSR count). The summed E-state index contributed by atoms with van der Waals surface area (Å²) in [4.78, 5) is 30.6. The molecule has 2 N–H and O–H groups in total. The van der Waals surface area contributed by atoms with Gasteiger partial charge < -0.3 is 5.73 Å². The Morgan fingerprint density at radius 2 is 1.86 bits per heavy atom. The van der Waals surface area contributed by atoms with Gasteiger partial charge in [-0.25, -0.2) is 9.88 Å². The lowest BCUT2D eigenvalue weighted by atomic mass is 9.68. The molecule has 1 saturated heterocycles. The van der Waals surface area contributed by atoms with Gasteiger partial charge in [0.25, 0.3) is 0 Å². The number of hydrogen-bond acceptors (Lipinski definition) is 5. The van der Waals surface area contributed by atoms with Gasteiger partial charge in [0.1, 0.15) is 0 Å². The highest BCUT2D eigenvalue weighted by molar-refractivity contribution is 7.14. The van der Waals surface area contributed by atoms with Crippen molar-refractivity contribution in [3.05, 3.63) is 11.1 Å². The topological polar surface area (TPSA) is 76.3 Å². The van der Waals surface area contributed by atoms with Gasteiger partial charge in [0.2, 0.25) is 11.8 Å². The van der Waals surface area contributed by atoms with E-state index in [-0.39, 0.29) is 23.3 Å². The average molecular weight is 307 g/mol. The Kier molecular flexibility index (Phi) is 3.84. The first-order chi connectivity index (χ1) is 10.0. The number of piperidine rings is 1. The van der Waals surface area contributed by atoms with Crippen molar-refractivity contribution in [2.45, 2.75) is 57.9 Å². The molecular formula is C15H21N3O2S. The summed E-state index contributed by atoms with van der Waals surface area (Å²) in [5, 5.41) is 2.30. The lowest BCUT2D eigenvalue weighted by Gasteiger charge is -2.41. The molecule has 2 aliphatic rings. The van der Waals surface area contributed by atoms with Crippen molar-refractivity contribution in [3.63, 3.8) is 0 Å². The number of carbonyl (C=O) groups is 2. The summed E-state index contributed by atoms with van der Waals surface area (Å²) in [5.74, 6) is -0.197. The molecule has 1 unspecified atom stereocenters. The van der Waals surface area contributed by atoms with E-state index in [4.69, 9.17) is 5.73 Å². The second-order valence-electron chi connectivity index (χ2n) is 6.38. The first-order valence-electron chi connectivity index (χ1n) is 7.58. The number of rotatable bonds is 2. The van der Waals surface area contributed by atoms with E-state index in [1.54, 1.807) is 0 Å². The van der Waals surface area contributed by atoms with Crippen LogP contribution in [-0.4, -0.2) is 16.8 Å². The number of anilines is 1. The zero-order chi connectivity index (χ0) is 15.0. The minimum absolute atomic E-state index is 0.0792. The molecule has 5 nitrogen and oxygen atoms in total. The van der Waals surface area contributed by atoms with Gasteiger partial charge in [-0.3, -0.25) is 9.59 Å². The molecule has 0 bridgehead atoms. The van der Waals surface area contributed by atoms with Gasteiger partial charge >= 0.3 is 0 Å². The van der Waals surface area contributed by atoms with Crippen molar-refractivity contribution in [1.82, 2.24) is 4.98 Å². The van der Waals surface area contributed by atoms with Gasteiger partial charge in [-0.05, 0) is 25.2 Å². The standard InChI is InChI=1S/C15H21N3O2S/c1-10(16)11-9-21-14(17-11)18-12(19)7-15(8-13(18)20)5-3-2-4-6-15/h9-10H,2-8,16H2,1H3. The number of nitrogens with zero attached hydrogens (tertiary/aromatic N) is 2. The second-order valence-corrected chi connectivity index (χ2v) is 7.22. The SMILES string of the molecule is CC(N)c1csc(N2C(=O)CC3(CCCCC3)CC2=O)n1. The van der Waals surface area contributed by atoms with E-state index in [2.05, 4.69) is 4.98 Å². The quantitative estimate of drug-likeness (QED) is 0.852. The largest absolute Gasteiger partial charge is 0.323 e. The summed E-state index contributed by atoms with van der Waals surface area (Å²) < 4.78 is 0. The molecule has 21 heavy (non-hydrogen) atoms. The van der Waals surface area contributed by atoms with Crippen LogP contribution in [0.3, 0.4) is 0 Å². The summed E-state index contributed by atoms with van der Waals surface area (Å²) in [5.41, 5.74) is 6.44. The fourth-order valence-corrected chi connectivity index (χ4v) is 4.42. The molecule has 1 saturated carbocycles. The fourth-order valence-electron chi connectivity index (χ4n) is 3.46. The first-order valence-corrected chi connectivity index (χ1v) is 8.46. The molecule has 1 atom stereocenters. The zero-order valence-corrected chi connectivity index (χ0v) is 13.1. The van der Waals surface area contributed by atoms with Crippen molar-refractivity contribution in [2.24, 2.45) is 11.1 Å². The number of hydrogen-bond donors (Lipinski definition) is 1. The molecule has 1 aliphatic heterocycles. The molecule has 0 radical (unpaired) electrons. The van der Waals surface area contributed by atoms with E-state index in [0.717, 1.165) is 31.4 Å². The van der Waals surface area contributed by atoms with Gasteiger partial charge in [0.15, 0.2) is 5.13 Å². The third-order valence-electron chi connectivity index (χ3n) is 4.63. The molecule has 0 aromatic carbocycles. The Balaban J connectivity index is 1.81. The number of imide groups is 1. The number of aromatic nitrogens is 1. The maximum atomic E-state index is 12.5. The van der Waals surface area contributed by atoms with Crippen molar-refractivity contribution in [1.29, 1.82) is 0 Å². The second kappa shape index (κ2) is 5.50.